The summed E-state index contributed by atoms with van der Waals surface area (Å²) >= 11 is 6.14. The van der Waals surface area contributed by atoms with Gasteiger partial charge in [0.05, 0.1) is 5.69 Å². The molecule has 0 aliphatic heterocycles. The van der Waals surface area contributed by atoms with Crippen molar-refractivity contribution < 1.29 is 0 Å². The van der Waals surface area contributed by atoms with Gasteiger partial charge in [0.15, 0.2) is 5.82 Å². The minimum Gasteiger partial charge on any atom is -0.354 e. The normalized spacial score (nSPS) is 10.6. The molecular weight excluding hydrogens is 198 g/mol. The number of aromatic nitrogens is 2. The first-order valence-corrected chi connectivity index (χ1v) is 5.53. The Balaban J connectivity index is 2.81. The number of anilines is 1. The summed E-state index contributed by atoms with van der Waals surface area (Å²) in [7, 11) is 0. The summed E-state index contributed by atoms with van der Waals surface area (Å²) in [5.74, 6) is 0.896. The summed E-state index contributed by atoms with van der Waals surface area (Å²) in [6.07, 6.45) is 2.23. The third-order valence-corrected chi connectivity index (χ3v) is 2.59. The van der Waals surface area contributed by atoms with E-state index in [2.05, 4.69) is 28.9 Å². The predicted octanol–water partition coefficient (Wildman–Crippen LogP) is 3.00. The maximum atomic E-state index is 6.14. The Morgan fingerprint density at radius 1 is 1.29 bits per heavy atom. The lowest BCUT2D eigenvalue weighted by Gasteiger charge is -2.21. The molecule has 1 N–H and O–H groups in total. The van der Waals surface area contributed by atoms with Crippen LogP contribution < -0.4 is 4.90 Å². The van der Waals surface area contributed by atoms with Crippen molar-refractivity contribution in [2.75, 3.05) is 18.0 Å². The Labute approximate surface area is 90.4 Å². The SMILES string of the molecule is CCCN(CCC)c1n[nH]c(C)c1Cl. The zero-order valence-corrected chi connectivity index (χ0v) is 9.86. The van der Waals surface area contributed by atoms with E-state index in [1.54, 1.807) is 0 Å². The summed E-state index contributed by atoms with van der Waals surface area (Å²) in [6.45, 7) is 8.29. The predicted molar refractivity (Wildman–Crippen MR) is 61.1 cm³/mol. The van der Waals surface area contributed by atoms with E-state index in [0.717, 1.165) is 42.5 Å². The molecule has 0 atom stereocenters. The second kappa shape index (κ2) is 5.25. The van der Waals surface area contributed by atoms with Crippen LogP contribution in [0.4, 0.5) is 5.82 Å². The molecule has 1 heterocycles. The van der Waals surface area contributed by atoms with Crippen LogP contribution in [0.15, 0.2) is 0 Å². The van der Waals surface area contributed by atoms with Gasteiger partial charge < -0.3 is 4.90 Å². The van der Waals surface area contributed by atoms with Gasteiger partial charge >= 0.3 is 0 Å². The molecule has 1 rings (SSSR count). The van der Waals surface area contributed by atoms with Gasteiger partial charge in [0.2, 0.25) is 0 Å². The monoisotopic (exact) mass is 215 g/mol. The van der Waals surface area contributed by atoms with E-state index in [1.165, 1.54) is 0 Å². The fourth-order valence-corrected chi connectivity index (χ4v) is 1.68. The van der Waals surface area contributed by atoms with Gasteiger partial charge in [-0.1, -0.05) is 25.4 Å². The van der Waals surface area contributed by atoms with E-state index >= 15 is 0 Å². The van der Waals surface area contributed by atoms with Crippen molar-refractivity contribution in [2.24, 2.45) is 0 Å². The molecule has 4 heteroatoms. The average molecular weight is 216 g/mol. The van der Waals surface area contributed by atoms with Crippen molar-refractivity contribution in [3.05, 3.63) is 10.7 Å². The fraction of sp³-hybridized carbons (Fsp3) is 0.700. The highest BCUT2D eigenvalue weighted by atomic mass is 35.5. The molecule has 1 aromatic rings. The van der Waals surface area contributed by atoms with Crippen molar-refractivity contribution in [3.8, 4) is 0 Å². The molecular formula is C10H18ClN3. The van der Waals surface area contributed by atoms with Crippen molar-refractivity contribution in [3.63, 3.8) is 0 Å². The van der Waals surface area contributed by atoms with Crippen LogP contribution in [0.3, 0.4) is 0 Å². The van der Waals surface area contributed by atoms with E-state index < -0.39 is 0 Å². The van der Waals surface area contributed by atoms with Crippen LogP contribution >= 0.6 is 11.6 Å². The molecule has 1 aromatic heterocycles. The summed E-state index contributed by atoms with van der Waals surface area (Å²) in [5, 5.41) is 7.89. The molecule has 0 unspecified atom stereocenters. The smallest absolute Gasteiger partial charge is 0.169 e. The quantitative estimate of drug-likeness (QED) is 0.819. The molecule has 3 nitrogen and oxygen atoms in total. The Hall–Kier alpha value is -0.700. The highest BCUT2D eigenvalue weighted by Gasteiger charge is 2.13. The van der Waals surface area contributed by atoms with Gasteiger partial charge in [-0.15, -0.1) is 0 Å². The van der Waals surface area contributed by atoms with Crippen LogP contribution in [0.2, 0.25) is 5.02 Å². The summed E-state index contributed by atoms with van der Waals surface area (Å²) in [4.78, 5) is 2.23. The zero-order valence-electron chi connectivity index (χ0n) is 9.10. The van der Waals surface area contributed by atoms with Crippen molar-refractivity contribution in [1.82, 2.24) is 10.2 Å². The second-order valence-electron chi connectivity index (χ2n) is 3.47. The van der Waals surface area contributed by atoms with Gasteiger partial charge in [-0.05, 0) is 19.8 Å². The molecule has 0 amide bonds. The lowest BCUT2D eigenvalue weighted by atomic mass is 10.3. The number of nitrogens with one attached hydrogen (secondary N) is 1. The Morgan fingerprint density at radius 2 is 1.86 bits per heavy atom. The lowest BCUT2D eigenvalue weighted by molar-refractivity contribution is 0.732. The number of aryl methyl sites for hydroxylation is 1. The number of rotatable bonds is 5. The van der Waals surface area contributed by atoms with E-state index in [-0.39, 0.29) is 0 Å². The lowest BCUT2D eigenvalue weighted by Crippen LogP contribution is -2.25. The molecule has 14 heavy (non-hydrogen) atoms. The molecule has 0 saturated heterocycles. The maximum Gasteiger partial charge on any atom is 0.169 e. The minimum atomic E-state index is 0.756. The van der Waals surface area contributed by atoms with Gasteiger partial charge in [0.1, 0.15) is 5.02 Å². The van der Waals surface area contributed by atoms with E-state index in [4.69, 9.17) is 11.6 Å². The molecule has 80 valence electrons. The van der Waals surface area contributed by atoms with Gasteiger partial charge in [0.25, 0.3) is 0 Å². The zero-order chi connectivity index (χ0) is 10.6. The molecule has 0 radical (unpaired) electrons. The van der Waals surface area contributed by atoms with Crippen LogP contribution in [-0.2, 0) is 0 Å². The van der Waals surface area contributed by atoms with Crippen LogP contribution in [0.5, 0.6) is 0 Å². The third kappa shape index (κ3) is 2.41. The van der Waals surface area contributed by atoms with Crippen molar-refractivity contribution in [1.29, 1.82) is 0 Å². The van der Waals surface area contributed by atoms with Crippen LogP contribution in [0.1, 0.15) is 32.4 Å². The molecule has 0 aliphatic carbocycles. The second-order valence-corrected chi connectivity index (χ2v) is 3.85. The van der Waals surface area contributed by atoms with Gasteiger partial charge in [0, 0.05) is 13.1 Å². The number of H-pyrrole nitrogens is 1. The number of aromatic amines is 1. The first kappa shape index (κ1) is 11.4. The molecule has 0 spiro atoms. The highest BCUT2D eigenvalue weighted by molar-refractivity contribution is 6.33. The molecule has 0 aromatic carbocycles. The highest BCUT2D eigenvalue weighted by Crippen LogP contribution is 2.26. The van der Waals surface area contributed by atoms with Crippen LogP contribution in [-0.4, -0.2) is 23.3 Å². The molecule has 0 aliphatic rings. The number of nitrogens with zero attached hydrogens (tertiary/aromatic N) is 2. The first-order valence-electron chi connectivity index (χ1n) is 5.16. The fourth-order valence-electron chi connectivity index (χ4n) is 1.48. The maximum absolute atomic E-state index is 6.14. The molecule has 0 bridgehead atoms. The van der Waals surface area contributed by atoms with Crippen LogP contribution in [0, 0.1) is 6.92 Å². The Bertz CT molecular complexity index is 277. The molecule has 0 saturated carbocycles. The minimum absolute atomic E-state index is 0.756. The van der Waals surface area contributed by atoms with Crippen LogP contribution in [0.25, 0.3) is 0 Å². The number of halogens is 1. The summed E-state index contributed by atoms with van der Waals surface area (Å²) < 4.78 is 0. The Kier molecular flexibility index (Phi) is 4.26. The van der Waals surface area contributed by atoms with Crippen molar-refractivity contribution in [2.45, 2.75) is 33.6 Å². The number of hydrogen-bond donors (Lipinski definition) is 1. The first-order chi connectivity index (χ1) is 6.70. The van der Waals surface area contributed by atoms with E-state index in [0.29, 0.717) is 0 Å². The topological polar surface area (TPSA) is 31.9 Å². The van der Waals surface area contributed by atoms with E-state index in [1.807, 2.05) is 6.92 Å². The summed E-state index contributed by atoms with van der Waals surface area (Å²) in [5.41, 5.74) is 0.943. The van der Waals surface area contributed by atoms with Crippen molar-refractivity contribution >= 4 is 17.4 Å². The van der Waals surface area contributed by atoms with Gasteiger partial charge in [-0.25, -0.2) is 0 Å². The largest absolute Gasteiger partial charge is 0.354 e. The van der Waals surface area contributed by atoms with Gasteiger partial charge in [-0.3, -0.25) is 5.10 Å². The third-order valence-electron chi connectivity index (χ3n) is 2.14. The van der Waals surface area contributed by atoms with Gasteiger partial charge in [-0.2, -0.15) is 5.10 Å². The number of hydrogen-bond acceptors (Lipinski definition) is 2. The van der Waals surface area contributed by atoms with E-state index in [9.17, 15) is 0 Å². The molecule has 0 fully saturated rings. The summed E-state index contributed by atoms with van der Waals surface area (Å²) in [6, 6.07) is 0. The Morgan fingerprint density at radius 3 is 2.21 bits per heavy atom. The standard InChI is InChI=1S/C10H18ClN3/c1-4-6-14(7-5-2)10-9(11)8(3)12-13-10/h4-7H2,1-3H3,(H,12,13). The average Bonchev–Trinajstić information content (AvgIpc) is 2.48.